The molecule has 2 aromatic rings. The number of rotatable bonds is 3. The Morgan fingerprint density at radius 1 is 1.10 bits per heavy atom. The molecule has 0 atom stereocenters. The molecule has 2 aromatic carbocycles. The van der Waals surface area contributed by atoms with E-state index in [1.54, 1.807) is 24.3 Å². The number of carboxylic acids is 1. The molecule has 0 bridgehead atoms. The first-order valence-corrected chi connectivity index (χ1v) is 6.28. The number of aromatic carboxylic acids is 1. The van der Waals surface area contributed by atoms with E-state index in [4.69, 9.17) is 5.11 Å². The van der Waals surface area contributed by atoms with Gasteiger partial charge in [0.05, 0.1) is 12.1 Å². The van der Waals surface area contributed by atoms with E-state index in [1.165, 1.54) is 5.56 Å². The summed E-state index contributed by atoms with van der Waals surface area (Å²) in [5, 5.41) is 11.9. The van der Waals surface area contributed by atoms with Crippen LogP contribution in [-0.2, 0) is 0 Å². The highest BCUT2D eigenvalue weighted by Crippen LogP contribution is 2.08. The van der Waals surface area contributed by atoms with Crippen molar-refractivity contribution in [1.82, 2.24) is 0 Å². The van der Waals surface area contributed by atoms with Gasteiger partial charge in [-0.1, -0.05) is 29.5 Å². The van der Waals surface area contributed by atoms with Gasteiger partial charge < -0.3 is 10.4 Å². The van der Waals surface area contributed by atoms with Crippen LogP contribution >= 0.6 is 0 Å². The zero-order valence-electron chi connectivity index (χ0n) is 11.2. The molecule has 2 N–H and O–H groups in total. The minimum absolute atomic E-state index is 0.279. The van der Waals surface area contributed by atoms with Crippen LogP contribution in [0.2, 0.25) is 0 Å². The van der Waals surface area contributed by atoms with Crippen LogP contribution in [0.4, 0.5) is 5.69 Å². The minimum atomic E-state index is -0.921. The van der Waals surface area contributed by atoms with Crippen molar-refractivity contribution in [3.05, 3.63) is 65.2 Å². The lowest BCUT2D eigenvalue weighted by molar-refractivity contribution is 0.0697. The fraction of sp³-hybridized carbons (Fsp3) is 0.118. The quantitative estimate of drug-likeness (QED) is 0.838. The predicted molar refractivity (Wildman–Crippen MR) is 79.9 cm³/mol. The van der Waals surface area contributed by atoms with Gasteiger partial charge in [0, 0.05) is 11.3 Å². The van der Waals surface area contributed by atoms with Crippen LogP contribution in [-0.4, -0.2) is 17.6 Å². The maximum absolute atomic E-state index is 10.7. The molecule has 2 rings (SSSR count). The van der Waals surface area contributed by atoms with Gasteiger partial charge in [0.15, 0.2) is 0 Å². The summed E-state index contributed by atoms with van der Waals surface area (Å²) in [5.74, 6) is 5.17. The first kappa shape index (κ1) is 13.7. The second-order valence-electron chi connectivity index (χ2n) is 4.40. The van der Waals surface area contributed by atoms with Crippen molar-refractivity contribution < 1.29 is 9.90 Å². The molecular formula is C17H15NO2. The van der Waals surface area contributed by atoms with Gasteiger partial charge in [0.25, 0.3) is 0 Å². The summed E-state index contributed by atoms with van der Waals surface area (Å²) in [7, 11) is 0. The average Bonchev–Trinajstić information content (AvgIpc) is 2.46. The Balaban J connectivity index is 1.90. The maximum Gasteiger partial charge on any atom is 0.335 e. The molecule has 3 heteroatoms. The number of carbonyl (C=O) groups is 1. The summed E-state index contributed by atoms with van der Waals surface area (Å²) >= 11 is 0. The van der Waals surface area contributed by atoms with Crippen LogP contribution in [0, 0.1) is 18.8 Å². The van der Waals surface area contributed by atoms with Crippen molar-refractivity contribution in [1.29, 1.82) is 0 Å². The van der Waals surface area contributed by atoms with Gasteiger partial charge in [0.1, 0.15) is 0 Å². The third-order valence-electron chi connectivity index (χ3n) is 2.80. The van der Waals surface area contributed by atoms with Crippen molar-refractivity contribution >= 4 is 11.7 Å². The first-order valence-electron chi connectivity index (χ1n) is 6.28. The van der Waals surface area contributed by atoms with Crippen molar-refractivity contribution in [2.75, 3.05) is 11.9 Å². The number of carboxylic acid groups (broad SMARTS) is 1. The Labute approximate surface area is 118 Å². The molecule has 0 aliphatic rings. The average molecular weight is 265 g/mol. The highest BCUT2D eigenvalue weighted by molar-refractivity contribution is 5.87. The van der Waals surface area contributed by atoms with Crippen LogP contribution in [0.5, 0.6) is 0 Å². The molecule has 20 heavy (non-hydrogen) atoms. The van der Waals surface area contributed by atoms with Crippen LogP contribution in [0.1, 0.15) is 21.5 Å². The lowest BCUT2D eigenvalue weighted by atomic mass is 10.1. The molecule has 100 valence electrons. The molecule has 0 radical (unpaired) electrons. The zero-order chi connectivity index (χ0) is 14.4. The topological polar surface area (TPSA) is 49.3 Å². The van der Waals surface area contributed by atoms with Crippen LogP contribution in [0.3, 0.4) is 0 Å². The van der Waals surface area contributed by atoms with E-state index in [0.29, 0.717) is 6.54 Å². The molecule has 3 nitrogen and oxygen atoms in total. The molecule has 0 spiro atoms. The van der Waals surface area contributed by atoms with Gasteiger partial charge >= 0.3 is 5.97 Å². The summed E-state index contributed by atoms with van der Waals surface area (Å²) in [4.78, 5) is 10.7. The number of aryl methyl sites for hydroxylation is 1. The number of benzene rings is 2. The molecular weight excluding hydrogens is 250 g/mol. The lowest BCUT2D eigenvalue weighted by Gasteiger charge is -2.02. The molecule has 0 aliphatic heterocycles. The van der Waals surface area contributed by atoms with E-state index in [2.05, 4.69) is 17.2 Å². The van der Waals surface area contributed by atoms with Gasteiger partial charge in [0.2, 0.25) is 0 Å². The largest absolute Gasteiger partial charge is 0.478 e. The van der Waals surface area contributed by atoms with Gasteiger partial charge in [-0.05, 0) is 43.3 Å². The number of anilines is 1. The highest BCUT2D eigenvalue weighted by atomic mass is 16.4. The van der Waals surface area contributed by atoms with Crippen LogP contribution in [0.25, 0.3) is 0 Å². The third kappa shape index (κ3) is 3.89. The Hall–Kier alpha value is -2.73. The number of hydrogen-bond donors (Lipinski definition) is 2. The number of hydrogen-bond acceptors (Lipinski definition) is 2. The third-order valence-corrected chi connectivity index (χ3v) is 2.80. The highest BCUT2D eigenvalue weighted by Gasteiger charge is 2.00. The molecule has 0 aromatic heterocycles. The standard InChI is InChI=1S/C17H15NO2/c1-13-4-6-14(7-5-13)3-2-12-18-16-10-8-15(9-11-16)17(19)20/h4-11,18H,12H2,1H3,(H,19,20). The van der Waals surface area contributed by atoms with Gasteiger partial charge in [-0.3, -0.25) is 0 Å². The normalized spacial score (nSPS) is 9.45. The van der Waals surface area contributed by atoms with E-state index in [-0.39, 0.29) is 5.56 Å². The van der Waals surface area contributed by atoms with Crippen molar-refractivity contribution in [3.63, 3.8) is 0 Å². The van der Waals surface area contributed by atoms with Gasteiger partial charge in [-0.2, -0.15) is 0 Å². The summed E-state index contributed by atoms with van der Waals surface area (Å²) in [5.41, 5.74) is 3.33. The van der Waals surface area contributed by atoms with E-state index in [0.717, 1.165) is 11.3 Å². The van der Waals surface area contributed by atoms with Gasteiger partial charge in [-0.15, -0.1) is 0 Å². The van der Waals surface area contributed by atoms with Crippen molar-refractivity contribution in [2.45, 2.75) is 6.92 Å². The fourth-order valence-corrected chi connectivity index (χ4v) is 1.66. The number of nitrogens with one attached hydrogen (secondary N) is 1. The Morgan fingerprint density at radius 3 is 2.35 bits per heavy atom. The molecule has 0 fully saturated rings. The first-order chi connectivity index (χ1) is 9.65. The predicted octanol–water partition coefficient (Wildman–Crippen LogP) is 3.16. The van der Waals surface area contributed by atoms with Crippen LogP contribution in [0.15, 0.2) is 48.5 Å². The van der Waals surface area contributed by atoms with Crippen LogP contribution < -0.4 is 5.32 Å². The molecule has 0 aliphatic carbocycles. The summed E-state index contributed by atoms with van der Waals surface area (Å²) in [6.45, 7) is 2.56. The summed E-state index contributed by atoms with van der Waals surface area (Å²) < 4.78 is 0. The Morgan fingerprint density at radius 2 is 1.75 bits per heavy atom. The fourth-order valence-electron chi connectivity index (χ4n) is 1.66. The maximum atomic E-state index is 10.7. The minimum Gasteiger partial charge on any atom is -0.478 e. The SMILES string of the molecule is Cc1ccc(C#CCNc2ccc(C(=O)O)cc2)cc1. The van der Waals surface area contributed by atoms with E-state index in [1.807, 2.05) is 31.2 Å². The second-order valence-corrected chi connectivity index (χ2v) is 4.40. The summed E-state index contributed by atoms with van der Waals surface area (Å²) in [6, 6.07) is 14.6. The zero-order valence-corrected chi connectivity index (χ0v) is 11.2. The summed E-state index contributed by atoms with van der Waals surface area (Å²) in [6.07, 6.45) is 0. The van der Waals surface area contributed by atoms with Crippen molar-refractivity contribution in [2.24, 2.45) is 0 Å². The molecule has 0 heterocycles. The Bertz CT molecular complexity index is 646. The van der Waals surface area contributed by atoms with Gasteiger partial charge in [-0.25, -0.2) is 4.79 Å². The lowest BCUT2D eigenvalue weighted by Crippen LogP contribution is -2.00. The Kier molecular flexibility index (Phi) is 4.41. The second kappa shape index (κ2) is 6.44. The van der Waals surface area contributed by atoms with Crippen molar-refractivity contribution in [3.8, 4) is 11.8 Å². The molecule has 0 unspecified atom stereocenters. The molecule has 0 saturated heterocycles. The van der Waals surface area contributed by atoms with E-state index >= 15 is 0 Å². The molecule has 0 amide bonds. The van der Waals surface area contributed by atoms with E-state index in [9.17, 15) is 4.79 Å². The monoisotopic (exact) mass is 265 g/mol. The molecule has 0 saturated carbocycles. The van der Waals surface area contributed by atoms with E-state index < -0.39 is 5.97 Å². The smallest absolute Gasteiger partial charge is 0.335 e.